The van der Waals surface area contributed by atoms with Gasteiger partial charge in [0, 0.05) is 18.3 Å². The highest BCUT2D eigenvalue weighted by atomic mass is 35.5. The summed E-state index contributed by atoms with van der Waals surface area (Å²) in [6, 6.07) is 4.80. The second kappa shape index (κ2) is 3.91. The first-order chi connectivity index (χ1) is 7.39. The van der Waals surface area contributed by atoms with Gasteiger partial charge in [-0.15, -0.1) is 0 Å². The smallest absolute Gasteiger partial charge is 0.283 e. The fraction of sp³-hybridized carbons (Fsp3) is 0.400. The molecule has 0 saturated heterocycles. The molecule has 2 rings (SSSR count). The van der Waals surface area contributed by atoms with E-state index in [0.29, 0.717) is 18.2 Å². The summed E-state index contributed by atoms with van der Waals surface area (Å²) < 4.78 is 32.9. The van der Waals surface area contributed by atoms with Crippen molar-refractivity contribution < 1.29 is 13.0 Å². The fourth-order valence-electron chi connectivity index (χ4n) is 2.02. The Morgan fingerprint density at radius 1 is 1.50 bits per heavy atom. The molecular weight excluding hydrogens is 250 g/mol. The van der Waals surface area contributed by atoms with Crippen LogP contribution in [0.1, 0.15) is 12.5 Å². The Labute approximate surface area is 99.7 Å². The van der Waals surface area contributed by atoms with E-state index in [1.165, 1.54) is 10.5 Å². The van der Waals surface area contributed by atoms with Crippen LogP contribution >= 0.6 is 11.8 Å². The highest BCUT2D eigenvalue weighted by Crippen LogP contribution is 2.36. The third-order valence-electron chi connectivity index (χ3n) is 2.64. The Kier molecular flexibility index (Phi) is 2.86. The van der Waals surface area contributed by atoms with Crippen molar-refractivity contribution >= 4 is 27.6 Å². The monoisotopic (exact) mass is 261 g/mol. The van der Waals surface area contributed by atoms with Gasteiger partial charge in [0.1, 0.15) is 4.90 Å². The van der Waals surface area contributed by atoms with E-state index in [-0.39, 0.29) is 4.90 Å². The van der Waals surface area contributed by atoms with E-state index in [1.807, 2.05) is 13.0 Å². The number of hydrogen-bond acceptors (Lipinski definition) is 3. The summed E-state index contributed by atoms with van der Waals surface area (Å²) in [5.41, 5.74) is 1.26. The Morgan fingerprint density at radius 2 is 2.19 bits per heavy atom. The molecule has 1 aromatic carbocycles. The van der Waals surface area contributed by atoms with Crippen LogP contribution < -0.4 is 4.42 Å². The van der Waals surface area contributed by atoms with Crippen LogP contribution in [-0.4, -0.2) is 19.5 Å². The number of benzene rings is 1. The molecule has 0 spiro atoms. The van der Waals surface area contributed by atoms with Gasteiger partial charge in [-0.05, 0) is 24.0 Å². The Hall–Kier alpha value is -0.780. The van der Waals surface area contributed by atoms with E-state index in [2.05, 4.69) is 0 Å². The molecule has 16 heavy (non-hydrogen) atoms. The molecule has 1 aromatic rings. The van der Waals surface area contributed by atoms with Crippen LogP contribution in [0.5, 0.6) is 0 Å². The summed E-state index contributed by atoms with van der Waals surface area (Å²) in [5, 5.41) is 0. The Balaban J connectivity index is 2.64. The summed E-state index contributed by atoms with van der Waals surface area (Å²) in [5.74, 6) is 0.363. The minimum absolute atomic E-state index is 0.119. The van der Waals surface area contributed by atoms with Crippen molar-refractivity contribution in [1.29, 1.82) is 0 Å². The van der Waals surface area contributed by atoms with Gasteiger partial charge in [-0.2, -0.15) is 8.42 Å². The van der Waals surface area contributed by atoms with Crippen molar-refractivity contribution in [3.8, 4) is 0 Å². The van der Waals surface area contributed by atoms with E-state index in [9.17, 15) is 8.42 Å². The molecular formula is C10H12ClNO3S. The minimum Gasteiger partial charge on any atom is -0.283 e. The lowest BCUT2D eigenvalue weighted by molar-refractivity contribution is 0.482. The van der Waals surface area contributed by atoms with Crippen molar-refractivity contribution in [2.24, 2.45) is 5.92 Å². The van der Waals surface area contributed by atoms with E-state index >= 15 is 0 Å². The van der Waals surface area contributed by atoms with Gasteiger partial charge in [0.05, 0.1) is 5.69 Å². The SMILES string of the molecule is C[C@H]1Cc2cccc(S(=O)(=O)O)c2N(Cl)C1. The van der Waals surface area contributed by atoms with Gasteiger partial charge in [-0.3, -0.25) is 8.97 Å². The standard InChI is InChI=1S/C10H12ClNO3S/c1-7-5-8-3-2-4-9(16(13,14)15)10(8)12(11)6-7/h2-4,7H,5-6H2,1H3,(H,13,14,15)/t7-/m0/s1. The van der Waals surface area contributed by atoms with Gasteiger partial charge in [-0.1, -0.05) is 19.1 Å². The summed E-state index contributed by atoms with van der Waals surface area (Å²) in [6.45, 7) is 2.61. The van der Waals surface area contributed by atoms with Gasteiger partial charge in [0.25, 0.3) is 10.1 Å². The zero-order valence-electron chi connectivity index (χ0n) is 8.72. The molecule has 88 valence electrons. The number of rotatable bonds is 1. The maximum atomic E-state index is 11.2. The third kappa shape index (κ3) is 2.03. The maximum absolute atomic E-state index is 11.2. The molecule has 1 atom stereocenters. The van der Waals surface area contributed by atoms with Crippen molar-refractivity contribution in [3.05, 3.63) is 23.8 Å². The largest absolute Gasteiger partial charge is 0.296 e. The summed E-state index contributed by atoms with van der Waals surface area (Å²) in [4.78, 5) is -0.119. The van der Waals surface area contributed by atoms with Crippen molar-refractivity contribution in [2.75, 3.05) is 11.0 Å². The fourth-order valence-corrected chi connectivity index (χ4v) is 3.24. The Bertz CT molecular complexity index is 515. The molecule has 1 aliphatic heterocycles. The van der Waals surface area contributed by atoms with Crippen LogP contribution in [0.25, 0.3) is 0 Å². The predicted octanol–water partition coefficient (Wildman–Crippen LogP) is 2.09. The molecule has 0 aromatic heterocycles. The van der Waals surface area contributed by atoms with Gasteiger partial charge < -0.3 is 0 Å². The van der Waals surface area contributed by atoms with E-state index in [1.54, 1.807) is 6.07 Å². The molecule has 0 amide bonds. The van der Waals surface area contributed by atoms with Crippen LogP contribution in [0.3, 0.4) is 0 Å². The molecule has 0 unspecified atom stereocenters. The van der Waals surface area contributed by atoms with Crippen molar-refractivity contribution in [1.82, 2.24) is 0 Å². The number of anilines is 1. The maximum Gasteiger partial charge on any atom is 0.296 e. The highest BCUT2D eigenvalue weighted by molar-refractivity contribution is 7.86. The molecule has 0 bridgehead atoms. The van der Waals surface area contributed by atoms with Crippen LogP contribution in [0, 0.1) is 5.92 Å². The van der Waals surface area contributed by atoms with Crippen LogP contribution in [0.15, 0.2) is 23.1 Å². The molecule has 0 aliphatic carbocycles. The normalized spacial score (nSPS) is 20.7. The van der Waals surface area contributed by atoms with Crippen LogP contribution in [0.2, 0.25) is 0 Å². The molecule has 1 aliphatic rings. The molecule has 6 heteroatoms. The summed E-state index contributed by atoms with van der Waals surface area (Å²) in [7, 11) is -4.22. The third-order valence-corrected chi connectivity index (χ3v) is 3.84. The first-order valence-corrected chi connectivity index (χ1v) is 6.70. The predicted molar refractivity (Wildman–Crippen MR) is 62.3 cm³/mol. The van der Waals surface area contributed by atoms with Crippen molar-refractivity contribution in [2.45, 2.75) is 18.2 Å². The average molecular weight is 262 g/mol. The molecule has 0 radical (unpaired) electrons. The number of nitrogens with zero attached hydrogens (tertiary/aromatic N) is 1. The van der Waals surface area contributed by atoms with E-state index < -0.39 is 10.1 Å². The van der Waals surface area contributed by atoms with Crippen LogP contribution in [0.4, 0.5) is 5.69 Å². The lowest BCUT2D eigenvalue weighted by Gasteiger charge is -2.30. The zero-order valence-corrected chi connectivity index (χ0v) is 10.3. The second-order valence-electron chi connectivity index (χ2n) is 4.09. The summed E-state index contributed by atoms with van der Waals surface area (Å²) in [6.07, 6.45) is 0.766. The van der Waals surface area contributed by atoms with Gasteiger partial charge in [0.2, 0.25) is 0 Å². The number of para-hydroxylation sites is 1. The zero-order chi connectivity index (χ0) is 11.9. The van der Waals surface area contributed by atoms with Gasteiger partial charge in [-0.25, -0.2) is 0 Å². The highest BCUT2D eigenvalue weighted by Gasteiger charge is 2.27. The van der Waals surface area contributed by atoms with E-state index in [4.69, 9.17) is 16.3 Å². The summed E-state index contributed by atoms with van der Waals surface area (Å²) >= 11 is 6.01. The number of halogens is 1. The van der Waals surface area contributed by atoms with Crippen LogP contribution in [-0.2, 0) is 16.5 Å². The van der Waals surface area contributed by atoms with Crippen molar-refractivity contribution in [3.63, 3.8) is 0 Å². The minimum atomic E-state index is -4.22. The Morgan fingerprint density at radius 3 is 2.81 bits per heavy atom. The van der Waals surface area contributed by atoms with Gasteiger partial charge in [0.15, 0.2) is 0 Å². The van der Waals surface area contributed by atoms with E-state index in [0.717, 1.165) is 12.0 Å². The lowest BCUT2D eigenvalue weighted by Crippen LogP contribution is -2.28. The number of hydrogen-bond donors (Lipinski definition) is 1. The molecule has 4 nitrogen and oxygen atoms in total. The first kappa shape index (κ1) is 11.7. The molecule has 1 heterocycles. The molecule has 1 N–H and O–H groups in total. The topological polar surface area (TPSA) is 57.6 Å². The quantitative estimate of drug-likeness (QED) is 0.621. The lowest BCUT2D eigenvalue weighted by atomic mass is 9.96. The average Bonchev–Trinajstić information content (AvgIpc) is 2.14. The van der Waals surface area contributed by atoms with Gasteiger partial charge >= 0.3 is 0 Å². The molecule has 0 fully saturated rings. The molecule has 0 saturated carbocycles. The second-order valence-corrected chi connectivity index (χ2v) is 5.89. The first-order valence-electron chi connectivity index (χ1n) is 4.92. The number of fused-ring (bicyclic) bond motifs is 1.